The van der Waals surface area contributed by atoms with Crippen LogP contribution in [0, 0.1) is 43.6 Å². The van der Waals surface area contributed by atoms with Gasteiger partial charge in [-0.05, 0) is 266 Å². The van der Waals surface area contributed by atoms with Crippen molar-refractivity contribution in [2.24, 2.45) is 16.9 Å². The molecule has 628 valence electrons. The molecule has 3 atom stereocenters. The summed E-state index contributed by atoms with van der Waals surface area (Å²) >= 11 is 0. The molecule has 0 bridgehead atoms. The van der Waals surface area contributed by atoms with Crippen LogP contribution in [0.4, 0.5) is 43.9 Å². The Morgan fingerprint density at radius 3 is 1.15 bits per heavy atom. The fourth-order valence-corrected chi connectivity index (χ4v) is 12.5. The van der Waals surface area contributed by atoms with Crippen molar-refractivity contribution in [2.75, 3.05) is 48.3 Å². The van der Waals surface area contributed by atoms with Gasteiger partial charge in [0.15, 0.2) is 51.8 Å². The van der Waals surface area contributed by atoms with Crippen LogP contribution in [0.25, 0.3) is 33.8 Å². The van der Waals surface area contributed by atoms with E-state index in [9.17, 15) is 73.6 Å². The van der Waals surface area contributed by atoms with E-state index in [0.717, 1.165) is 25.0 Å². The van der Waals surface area contributed by atoms with Gasteiger partial charge in [-0.1, -0.05) is 20.8 Å². The summed E-state index contributed by atoms with van der Waals surface area (Å²) in [5.74, 6) is -0.209. The number of ether oxygens (including phenoxy) is 7. The molecule has 117 heavy (non-hydrogen) atoms. The number of rotatable bonds is 31. The maximum atomic E-state index is 14.5. The summed E-state index contributed by atoms with van der Waals surface area (Å²) in [5, 5.41) is 34.2. The molecule has 18 nitrogen and oxygen atoms in total. The van der Waals surface area contributed by atoms with E-state index >= 15 is 0 Å². The number of alkyl halides is 7. The van der Waals surface area contributed by atoms with Crippen LogP contribution in [-0.4, -0.2) is 114 Å². The molecular formula is C89H99F10N5O13. The van der Waals surface area contributed by atoms with Gasteiger partial charge in [-0.3, -0.25) is 14.4 Å². The topological polar surface area (TPSA) is 267 Å². The highest BCUT2D eigenvalue weighted by atomic mass is 19.4. The van der Waals surface area contributed by atoms with E-state index in [4.69, 9.17) is 49.6 Å². The molecule has 10 rings (SSSR count). The standard InChI is InChI=1S/C30H32F4N2O4.C30H35F2NO5.C29H32F4N2O4/c1-17-13-18(5-9-22(17)31)23-15-20(28(2,3)35)16-27(36-23)29(38,30(32,33)34)12-11-24(37)19-6-10-25(26(14-19)39-4)40-21-7-8-21;1-19-17-21(7-9-22(19)32)28-25(36-5)11-12-27(33-28)30(35,29(2,3)4)14-13-23(34)20-8-10-24(38-16-15-31)26(18-20)37-6;1-6-39-24-10-8-19(14-25(24)38-5)23(36)11-12-28(37,29(31,32)33)26-16-20(27(3,4)34)15-22(35-26)18-7-9-21(30)17(2)13-18/h5-6,9-10,13-16,21,38H,7-8,11-12,35H2,1-4H3;7-12,17-18,35H,13-16H2,1-6H3;7-10,13-16,37H,6,11-12,34H2,1-5H3. The number of halogens is 10. The maximum Gasteiger partial charge on any atom is 0.422 e. The second kappa shape index (κ2) is 37.4. The maximum absolute atomic E-state index is 14.5. The number of benzene rings is 6. The zero-order chi connectivity index (χ0) is 86.7. The first kappa shape index (κ1) is 92.0. The Hall–Kier alpha value is -10.5. The minimum absolute atomic E-state index is 0.0281. The van der Waals surface area contributed by atoms with E-state index in [1.54, 1.807) is 90.1 Å². The molecule has 0 aliphatic heterocycles. The minimum Gasteiger partial charge on any atom is -0.494 e. The number of hydrogen-bond acceptors (Lipinski definition) is 18. The molecule has 0 saturated heterocycles. The number of hydrogen-bond donors (Lipinski definition) is 5. The third kappa shape index (κ3) is 22.2. The third-order valence-electron chi connectivity index (χ3n) is 20.1. The Bertz CT molecular complexity index is 5040. The van der Waals surface area contributed by atoms with Gasteiger partial charge >= 0.3 is 12.4 Å². The van der Waals surface area contributed by atoms with Crippen LogP contribution in [0.3, 0.4) is 0 Å². The second-order valence-corrected chi connectivity index (χ2v) is 30.8. The Morgan fingerprint density at radius 1 is 0.436 bits per heavy atom. The molecule has 1 fully saturated rings. The highest BCUT2D eigenvalue weighted by molar-refractivity contribution is 5.98. The van der Waals surface area contributed by atoms with Gasteiger partial charge in [0.1, 0.15) is 47.8 Å². The lowest BCUT2D eigenvalue weighted by atomic mass is 9.71. The molecular weight excluding hydrogens is 1540 g/mol. The number of ketones is 3. The largest absolute Gasteiger partial charge is 0.494 e. The Balaban J connectivity index is 0.000000219. The van der Waals surface area contributed by atoms with Gasteiger partial charge in [-0.15, -0.1) is 0 Å². The smallest absolute Gasteiger partial charge is 0.422 e. The van der Waals surface area contributed by atoms with Crippen molar-refractivity contribution in [3.05, 3.63) is 225 Å². The van der Waals surface area contributed by atoms with Gasteiger partial charge in [0.2, 0.25) is 11.2 Å². The van der Waals surface area contributed by atoms with Gasteiger partial charge < -0.3 is 59.9 Å². The quantitative estimate of drug-likeness (QED) is 0.0200. The zero-order valence-electron chi connectivity index (χ0n) is 67.9. The highest BCUT2D eigenvalue weighted by Crippen LogP contribution is 2.48. The number of carbonyl (C=O) groups excluding carboxylic acids is 3. The van der Waals surface area contributed by atoms with Crippen molar-refractivity contribution in [3.63, 3.8) is 0 Å². The number of aliphatic hydroxyl groups is 3. The van der Waals surface area contributed by atoms with Gasteiger partial charge in [0, 0.05) is 63.7 Å². The number of pyridine rings is 3. The van der Waals surface area contributed by atoms with E-state index in [1.165, 1.54) is 127 Å². The molecule has 1 saturated carbocycles. The van der Waals surface area contributed by atoms with E-state index in [2.05, 4.69) is 9.97 Å². The van der Waals surface area contributed by atoms with E-state index in [1.807, 2.05) is 20.8 Å². The number of nitrogens with zero attached hydrogens (tertiary/aromatic N) is 3. The molecule has 7 N–H and O–H groups in total. The third-order valence-corrected chi connectivity index (χ3v) is 20.1. The van der Waals surface area contributed by atoms with Crippen molar-refractivity contribution >= 4 is 17.3 Å². The van der Waals surface area contributed by atoms with Gasteiger partial charge in [-0.25, -0.2) is 32.5 Å². The molecule has 1 aliphatic rings. The fourth-order valence-electron chi connectivity index (χ4n) is 12.5. The van der Waals surface area contributed by atoms with Gasteiger partial charge in [0.25, 0.3) is 0 Å². The second-order valence-electron chi connectivity index (χ2n) is 30.8. The highest BCUT2D eigenvalue weighted by Gasteiger charge is 2.58. The molecule has 3 unspecified atom stereocenters. The lowest BCUT2D eigenvalue weighted by molar-refractivity contribution is -0.270. The fraction of sp³-hybridized carbons (Fsp3) is 0.393. The molecule has 3 aromatic heterocycles. The predicted molar refractivity (Wildman–Crippen MR) is 423 cm³/mol. The first-order chi connectivity index (χ1) is 54.7. The van der Waals surface area contributed by atoms with Crippen LogP contribution in [0.2, 0.25) is 0 Å². The van der Waals surface area contributed by atoms with Crippen LogP contribution < -0.4 is 44.6 Å². The summed E-state index contributed by atoms with van der Waals surface area (Å²) in [6.07, 6.45) is -11.6. The molecule has 3 heterocycles. The number of nitrogens with two attached hydrogens (primary N) is 2. The van der Waals surface area contributed by atoms with Crippen LogP contribution in [-0.2, 0) is 27.9 Å². The molecule has 28 heteroatoms. The van der Waals surface area contributed by atoms with Crippen molar-refractivity contribution in [3.8, 4) is 74.0 Å². The summed E-state index contributed by atoms with van der Waals surface area (Å²) in [6.45, 7) is 18.1. The summed E-state index contributed by atoms with van der Waals surface area (Å²) in [7, 11) is 5.75. The molecule has 0 spiro atoms. The number of aromatic nitrogens is 3. The predicted octanol–water partition coefficient (Wildman–Crippen LogP) is 19.0. The van der Waals surface area contributed by atoms with Crippen molar-refractivity contribution in [1.82, 2.24) is 15.0 Å². The van der Waals surface area contributed by atoms with Gasteiger partial charge in [-0.2, -0.15) is 26.3 Å². The molecule has 6 aromatic carbocycles. The SMILES string of the molecule is CCOc1ccc(C(=O)CCC(O)(c2cc(C(C)(C)N)cc(-c3ccc(F)c(C)c3)n2)C(F)(F)F)cc1OC.COc1cc(C(=O)CCC(O)(c2cc(C(C)(C)N)cc(-c3ccc(F)c(C)c3)n2)C(F)(F)F)ccc1OC1CC1.COc1cc(C(=O)CCC(O)(c2ccc(OC)c(-c3ccc(F)c(C)c3)n2)C(C)(C)C)ccc1OCCF. The van der Waals surface area contributed by atoms with Crippen molar-refractivity contribution < 1.29 is 107 Å². The van der Waals surface area contributed by atoms with Crippen LogP contribution >= 0.6 is 0 Å². The number of carbonyl (C=O) groups is 3. The van der Waals surface area contributed by atoms with Crippen LogP contribution in [0.15, 0.2) is 146 Å². The minimum atomic E-state index is -5.18. The lowest BCUT2D eigenvalue weighted by Gasteiger charge is -2.40. The Labute approximate surface area is 673 Å². The average molecular weight is 1640 g/mol. The zero-order valence-corrected chi connectivity index (χ0v) is 67.9. The summed E-state index contributed by atoms with van der Waals surface area (Å²) in [6, 6.07) is 34.8. The number of Topliss-reactive ketones (excluding diaryl/α,β-unsaturated/α-hetero) is 3. The lowest BCUT2D eigenvalue weighted by Crippen LogP contribution is -2.44. The van der Waals surface area contributed by atoms with Crippen LogP contribution in [0.5, 0.6) is 40.2 Å². The first-order valence-electron chi connectivity index (χ1n) is 37.6. The Kier molecular flexibility index (Phi) is 29.4. The monoisotopic (exact) mass is 1640 g/mol. The molecule has 0 amide bonds. The van der Waals surface area contributed by atoms with Gasteiger partial charge in [0.05, 0.1) is 69.6 Å². The summed E-state index contributed by atoms with van der Waals surface area (Å²) < 4.78 is 179. The van der Waals surface area contributed by atoms with Crippen LogP contribution in [0.1, 0.15) is 183 Å². The number of aryl methyl sites for hydroxylation is 3. The van der Waals surface area contributed by atoms with E-state index < -0.39 is 113 Å². The Morgan fingerprint density at radius 2 is 0.795 bits per heavy atom. The summed E-state index contributed by atoms with van der Waals surface area (Å²) in [5.41, 5.74) is 4.27. The number of methoxy groups -OCH3 is 4. The molecule has 1 aliphatic carbocycles. The molecule has 9 aromatic rings. The van der Waals surface area contributed by atoms with E-state index in [0.29, 0.717) is 80.3 Å². The van der Waals surface area contributed by atoms with E-state index in [-0.39, 0.29) is 87.7 Å². The summed E-state index contributed by atoms with van der Waals surface area (Å²) in [4.78, 5) is 52.1. The molecule has 0 radical (unpaired) electrons. The van der Waals surface area contributed by atoms with Crippen molar-refractivity contribution in [1.29, 1.82) is 0 Å². The van der Waals surface area contributed by atoms with Crippen molar-refractivity contribution in [2.45, 2.75) is 174 Å². The first-order valence-corrected chi connectivity index (χ1v) is 37.6. The normalized spacial score (nSPS) is 14.1. The average Bonchev–Trinajstić information content (AvgIpc) is 1.70.